The molecule has 23 heavy (non-hydrogen) atoms. The molecule has 2 heterocycles. The van der Waals surface area contributed by atoms with E-state index in [1.807, 2.05) is 6.07 Å². The van der Waals surface area contributed by atoms with Crippen molar-refractivity contribution in [1.29, 1.82) is 0 Å². The Morgan fingerprint density at radius 2 is 2.04 bits per heavy atom. The molecule has 0 aromatic heterocycles. The Morgan fingerprint density at radius 3 is 2.74 bits per heavy atom. The molecule has 0 bridgehead atoms. The maximum Gasteiger partial charge on any atom is 0.338 e. The second kappa shape index (κ2) is 6.12. The minimum Gasteiger partial charge on any atom is -0.462 e. The second-order valence-electron chi connectivity index (χ2n) is 6.01. The van der Waals surface area contributed by atoms with E-state index >= 15 is 0 Å². The van der Waals surface area contributed by atoms with E-state index in [1.54, 1.807) is 24.3 Å². The predicted octanol–water partition coefficient (Wildman–Crippen LogP) is 1.73. The van der Waals surface area contributed by atoms with Crippen LogP contribution in [0.15, 0.2) is 30.3 Å². The van der Waals surface area contributed by atoms with Crippen LogP contribution in [0.2, 0.25) is 0 Å². The molecule has 122 valence electrons. The van der Waals surface area contributed by atoms with Gasteiger partial charge < -0.3 is 14.2 Å². The van der Waals surface area contributed by atoms with Gasteiger partial charge in [-0.05, 0) is 19.1 Å². The highest BCUT2D eigenvalue weighted by molar-refractivity contribution is 5.89. The molecular weight excluding hydrogens is 300 g/mol. The fourth-order valence-electron chi connectivity index (χ4n) is 3.24. The lowest BCUT2D eigenvalue weighted by Gasteiger charge is -2.26. The number of carbonyl (C=O) groups excluding carboxylic acids is 3. The number of hydrogen-bond acceptors (Lipinski definition) is 6. The Hall–Kier alpha value is -2.21. The monoisotopic (exact) mass is 318 g/mol. The van der Waals surface area contributed by atoms with Gasteiger partial charge in [0.15, 0.2) is 0 Å². The molecule has 6 heteroatoms. The molecule has 0 saturated carbocycles. The third kappa shape index (κ3) is 3.12. The smallest absolute Gasteiger partial charge is 0.338 e. The van der Waals surface area contributed by atoms with Crippen molar-refractivity contribution in [3.63, 3.8) is 0 Å². The highest BCUT2D eigenvalue weighted by Gasteiger charge is 2.59. The minimum atomic E-state index is -1.17. The first kappa shape index (κ1) is 15.7. The molecule has 2 aliphatic rings. The van der Waals surface area contributed by atoms with Crippen LogP contribution < -0.4 is 0 Å². The van der Waals surface area contributed by atoms with Crippen molar-refractivity contribution in [2.24, 2.45) is 11.8 Å². The van der Waals surface area contributed by atoms with Crippen LogP contribution in [0.25, 0.3) is 0 Å². The van der Waals surface area contributed by atoms with Gasteiger partial charge >= 0.3 is 11.9 Å². The Kier molecular flexibility index (Phi) is 4.17. The number of ketones is 1. The van der Waals surface area contributed by atoms with E-state index in [9.17, 15) is 14.4 Å². The second-order valence-corrected chi connectivity index (χ2v) is 6.01. The van der Waals surface area contributed by atoms with Crippen molar-refractivity contribution in [2.45, 2.75) is 25.6 Å². The third-order valence-corrected chi connectivity index (χ3v) is 4.28. The number of hydrogen-bond donors (Lipinski definition) is 0. The summed E-state index contributed by atoms with van der Waals surface area (Å²) in [6, 6.07) is 8.69. The van der Waals surface area contributed by atoms with Crippen molar-refractivity contribution >= 4 is 17.7 Å². The summed E-state index contributed by atoms with van der Waals surface area (Å²) in [6.07, 6.45) is 0.216. The lowest BCUT2D eigenvalue weighted by molar-refractivity contribution is -0.204. The van der Waals surface area contributed by atoms with Gasteiger partial charge in [0.05, 0.1) is 31.6 Å². The van der Waals surface area contributed by atoms with Crippen LogP contribution in [-0.4, -0.2) is 36.7 Å². The number of esters is 2. The molecule has 3 atom stereocenters. The van der Waals surface area contributed by atoms with Gasteiger partial charge in [0.2, 0.25) is 5.79 Å². The van der Waals surface area contributed by atoms with E-state index in [4.69, 9.17) is 14.2 Å². The number of fused-ring (bicyclic) bond motifs is 1. The van der Waals surface area contributed by atoms with Crippen LogP contribution in [-0.2, 0) is 23.8 Å². The normalized spacial score (nSPS) is 29.0. The zero-order chi connectivity index (χ0) is 16.4. The Bertz CT molecular complexity index is 625. The van der Waals surface area contributed by atoms with Crippen LogP contribution in [0.3, 0.4) is 0 Å². The van der Waals surface area contributed by atoms with Gasteiger partial charge in [0.25, 0.3) is 0 Å². The molecule has 1 aromatic rings. The summed E-state index contributed by atoms with van der Waals surface area (Å²) in [5, 5.41) is 0. The number of ether oxygens (including phenoxy) is 3. The summed E-state index contributed by atoms with van der Waals surface area (Å²) in [4.78, 5) is 35.1. The number of Topliss-reactive ketones (excluding diaryl/α,β-unsaturated/α-hetero) is 1. The van der Waals surface area contributed by atoms with Crippen molar-refractivity contribution in [2.75, 3.05) is 13.2 Å². The molecule has 0 radical (unpaired) electrons. The molecule has 2 saturated heterocycles. The summed E-state index contributed by atoms with van der Waals surface area (Å²) in [6.45, 7) is 1.87. The highest BCUT2D eigenvalue weighted by atomic mass is 16.7. The maximum absolute atomic E-state index is 12.0. The first-order valence-corrected chi connectivity index (χ1v) is 7.57. The highest BCUT2D eigenvalue weighted by Crippen LogP contribution is 2.47. The fraction of sp³-hybridized carbons (Fsp3) is 0.471. The van der Waals surface area contributed by atoms with E-state index in [0.717, 1.165) is 0 Å². The Morgan fingerprint density at radius 1 is 1.30 bits per heavy atom. The topological polar surface area (TPSA) is 78.9 Å². The van der Waals surface area contributed by atoms with E-state index in [1.165, 1.54) is 6.92 Å². The third-order valence-electron chi connectivity index (χ3n) is 4.28. The molecule has 3 unspecified atom stereocenters. The van der Waals surface area contributed by atoms with Crippen LogP contribution in [0.1, 0.15) is 30.1 Å². The molecule has 0 spiro atoms. The van der Waals surface area contributed by atoms with Gasteiger partial charge in [0.1, 0.15) is 5.78 Å². The number of carbonyl (C=O) groups is 3. The average molecular weight is 318 g/mol. The lowest BCUT2D eigenvalue weighted by atomic mass is 9.86. The summed E-state index contributed by atoms with van der Waals surface area (Å²) in [5.41, 5.74) is 0.472. The standard InChI is InChI=1S/C17H18O6/c1-11(18)8-17-14(7-15(19)23-17)13(10-22-17)9-21-16(20)12-5-3-2-4-6-12/h2-6,13-14H,7-10H2,1H3. The van der Waals surface area contributed by atoms with E-state index in [-0.39, 0.29) is 43.0 Å². The predicted molar refractivity (Wildman–Crippen MR) is 78.4 cm³/mol. The Balaban J connectivity index is 1.64. The zero-order valence-corrected chi connectivity index (χ0v) is 12.8. The molecule has 2 fully saturated rings. The molecule has 6 nitrogen and oxygen atoms in total. The molecule has 2 aliphatic heterocycles. The summed E-state index contributed by atoms with van der Waals surface area (Å²) < 4.78 is 16.3. The largest absolute Gasteiger partial charge is 0.462 e. The van der Waals surface area contributed by atoms with Gasteiger partial charge in [-0.1, -0.05) is 18.2 Å². The van der Waals surface area contributed by atoms with Crippen LogP contribution in [0, 0.1) is 11.8 Å². The van der Waals surface area contributed by atoms with Crippen LogP contribution in [0.4, 0.5) is 0 Å². The van der Waals surface area contributed by atoms with Gasteiger partial charge in [-0.25, -0.2) is 4.79 Å². The summed E-state index contributed by atoms with van der Waals surface area (Å²) in [5.74, 6) is -2.50. The van der Waals surface area contributed by atoms with Crippen LogP contribution in [0.5, 0.6) is 0 Å². The first-order chi connectivity index (χ1) is 11.0. The molecule has 0 aliphatic carbocycles. The summed E-state index contributed by atoms with van der Waals surface area (Å²) in [7, 11) is 0. The molecular formula is C17H18O6. The molecule has 1 aromatic carbocycles. The van der Waals surface area contributed by atoms with Crippen LogP contribution >= 0.6 is 0 Å². The van der Waals surface area contributed by atoms with Gasteiger partial charge in [0, 0.05) is 11.8 Å². The van der Waals surface area contributed by atoms with Gasteiger partial charge in [-0.3, -0.25) is 9.59 Å². The minimum absolute atomic E-state index is 0.0343. The number of benzene rings is 1. The van der Waals surface area contributed by atoms with Gasteiger partial charge in [-0.2, -0.15) is 0 Å². The van der Waals surface area contributed by atoms with E-state index in [0.29, 0.717) is 12.2 Å². The van der Waals surface area contributed by atoms with Gasteiger partial charge in [-0.15, -0.1) is 0 Å². The zero-order valence-electron chi connectivity index (χ0n) is 12.8. The first-order valence-electron chi connectivity index (χ1n) is 7.57. The quantitative estimate of drug-likeness (QED) is 0.769. The molecule has 0 N–H and O–H groups in total. The fourth-order valence-corrected chi connectivity index (χ4v) is 3.24. The maximum atomic E-state index is 12.0. The number of rotatable bonds is 5. The average Bonchev–Trinajstić information content (AvgIpc) is 2.99. The van der Waals surface area contributed by atoms with Crippen molar-refractivity contribution in [3.05, 3.63) is 35.9 Å². The van der Waals surface area contributed by atoms with E-state index < -0.39 is 11.8 Å². The lowest BCUT2D eigenvalue weighted by Crippen LogP contribution is -2.37. The molecule has 3 rings (SSSR count). The Labute approximate surface area is 133 Å². The summed E-state index contributed by atoms with van der Waals surface area (Å²) >= 11 is 0. The van der Waals surface area contributed by atoms with Crippen molar-refractivity contribution < 1.29 is 28.6 Å². The SMILES string of the molecule is CC(=O)CC12OCC(COC(=O)c3ccccc3)C1CC(=O)O2. The van der Waals surface area contributed by atoms with Crippen molar-refractivity contribution in [3.8, 4) is 0 Å². The van der Waals surface area contributed by atoms with E-state index in [2.05, 4.69) is 0 Å². The molecule has 0 amide bonds. The van der Waals surface area contributed by atoms with Crippen molar-refractivity contribution in [1.82, 2.24) is 0 Å².